The third-order valence-corrected chi connectivity index (χ3v) is 6.76. The van der Waals surface area contributed by atoms with Gasteiger partial charge >= 0.3 is 11.9 Å². The molecule has 0 aromatic heterocycles. The van der Waals surface area contributed by atoms with Gasteiger partial charge < -0.3 is 19.8 Å². The van der Waals surface area contributed by atoms with Crippen molar-refractivity contribution in [2.45, 2.75) is 25.5 Å². The first kappa shape index (κ1) is 31.0. The zero-order valence-electron chi connectivity index (χ0n) is 22.6. The number of unbranched alkanes of at least 4 members (excludes halogenated alkanes) is 1. The van der Waals surface area contributed by atoms with E-state index in [-0.39, 0.29) is 6.10 Å². The predicted octanol–water partition coefficient (Wildman–Crippen LogP) is 5.76. The maximum Gasteiger partial charge on any atom is 0.328 e. The van der Waals surface area contributed by atoms with Crippen LogP contribution in [0.15, 0.2) is 97.1 Å². The zero-order valence-corrected chi connectivity index (χ0v) is 23.3. The number of nitrogens with zero attached hydrogens (tertiary/aromatic N) is 2. The number of halogens is 1. The number of ether oxygens (including phenoxy) is 1. The number of carboxylic acid groups (broad SMARTS) is 2. The molecule has 1 aliphatic rings. The molecule has 1 saturated heterocycles. The van der Waals surface area contributed by atoms with Crippen LogP contribution in [-0.4, -0.2) is 71.3 Å². The summed E-state index contributed by atoms with van der Waals surface area (Å²) < 4.78 is 6.36. The largest absolute Gasteiger partial charge is 0.478 e. The van der Waals surface area contributed by atoms with Crippen molar-refractivity contribution in [2.75, 3.05) is 39.3 Å². The Morgan fingerprint density at radius 1 is 0.750 bits per heavy atom. The molecule has 0 saturated carbocycles. The van der Waals surface area contributed by atoms with Gasteiger partial charge in [-0.2, -0.15) is 0 Å². The van der Waals surface area contributed by atoms with Gasteiger partial charge in [0, 0.05) is 56.5 Å². The highest BCUT2D eigenvalue weighted by atomic mass is 35.5. The smallest absolute Gasteiger partial charge is 0.328 e. The van der Waals surface area contributed by atoms with E-state index in [1.165, 1.54) is 17.5 Å². The minimum Gasteiger partial charge on any atom is -0.478 e. The Hall–Kier alpha value is -3.49. The molecule has 3 aromatic rings. The summed E-state index contributed by atoms with van der Waals surface area (Å²) in [5, 5.41) is 16.4. The molecule has 1 heterocycles. The standard InChI is InChI=1S/C28H33ClN2O.C4H4O4/c29-27-15-13-26(14-16-27)28(25-11-5-2-6-12-25)32-22-8-7-17-30-18-20-31(21-19-30)23-24-9-3-1-4-10-24;5-3(6)1-2-4(7)8/h1-6,9-16,28H,7-8,17-23H2;1-2H,(H,5,6)(H,7,8)/b;2-1-. The summed E-state index contributed by atoms with van der Waals surface area (Å²) in [6.45, 7) is 7.59. The van der Waals surface area contributed by atoms with Crippen LogP contribution in [0.1, 0.15) is 35.6 Å². The summed E-state index contributed by atoms with van der Waals surface area (Å²) in [5.41, 5.74) is 3.74. The first-order valence-corrected chi connectivity index (χ1v) is 13.8. The molecule has 4 rings (SSSR count). The van der Waals surface area contributed by atoms with Crippen LogP contribution in [0.4, 0.5) is 0 Å². The van der Waals surface area contributed by atoms with Gasteiger partial charge in [-0.25, -0.2) is 9.59 Å². The van der Waals surface area contributed by atoms with Gasteiger partial charge in [-0.05, 0) is 48.2 Å². The summed E-state index contributed by atoms with van der Waals surface area (Å²) >= 11 is 6.08. The molecule has 0 radical (unpaired) electrons. The number of piperazine rings is 1. The maximum absolute atomic E-state index is 9.55. The molecule has 0 spiro atoms. The van der Waals surface area contributed by atoms with Crippen LogP contribution in [0.25, 0.3) is 0 Å². The van der Waals surface area contributed by atoms with E-state index in [2.05, 4.69) is 76.5 Å². The molecular weight excluding hydrogens is 528 g/mol. The van der Waals surface area contributed by atoms with Crippen molar-refractivity contribution in [3.05, 3.63) is 119 Å². The minimum absolute atomic E-state index is 0.0463. The van der Waals surface area contributed by atoms with Crippen LogP contribution in [0.3, 0.4) is 0 Å². The number of hydrogen-bond acceptors (Lipinski definition) is 5. The summed E-state index contributed by atoms with van der Waals surface area (Å²) in [7, 11) is 0. The topological polar surface area (TPSA) is 90.3 Å². The average molecular weight is 565 g/mol. The number of rotatable bonds is 12. The van der Waals surface area contributed by atoms with Crippen molar-refractivity contribution in [1.29, 1.82) is 0 Å². The van der Waals surface area contributed by atoms with Gasteiger partial charge in [-0.15, -0.1) is 0 Å². The summed E-state index contributed by atoms with van der Waals surface area (Å²) in [6.07, 6.45) is 3.31. The molecule has 212 valence electrons. The van der Waals surface area contributed by atoms with Crippen molar-refractivity contribution in [1.82, 2.24) is 9.80 Å². The summed E-state index contributed by atoms with van der Waals surface area (Å²) in [6, 6.07) is 29.2. The lowest BCUT2D eigenvalue weighted by atomic mass is 10.0. The van der Waals surface area contributed by atoms with Crippen LogP contribution in [0.2, 0.25) is 5.02 Å². The van der Waals surface area contributed by atoms with Crippen LogP contribution in [0, 0.1) is 0 Å². The minimum atomic E-state index is -1.26. The van der Waals surface area contributed by atoms with Crippen molar-refractivity contribution in [3.63, 3.8) is 0 Å². The van der Waals surface area contributed by atoms with Crippen molar-refractivity contribution < 1.29 is 24.5 Å². The van der Waals surface area contributed by atoms with Gasteiger partial charge in [0.05, 0.1) is 0 Å². The lowest BCUT2D eigenvalue weighted by Crippen LogP contribution is -2.46. The third-order valence-electron chi connectivity index (χ3n) is 6.51. The molecule has 1 aliphatic heterocycles. The second-order valence-electron chi connectivity index (χ2n) is 9.53. The fourth-order valence-corrected chi connectivity index (χ4v) is 4.57. The average Bonchev–Trinajstić information content (AvgIpc) is 2.97. The molecule has 2 N–H and O–H groups in total. The van der Waals surface area contributed by atoms with Gasteiger partial charge in [0.1, 0.15) is 6.10 Å². The quantitative estimate of drug-likeness (QED) is 0.214. The molecule has 8 heteroatoms. The molecule has 3 aromatic carbocycles. The second-order valence-corrected chi connectivity index (χ2v) is 9.97. The Morgan fingerprint density at radius 3 is 1.85 bits per heavy atom. The Kier molecular flexibility index (Phi) is 13.4. The van der Waals surface area contributed by atoms with E-state index in [0.717, 1.165) is 62.9 Å². The van der Waals surface area contributed by atoms with Crippen molar-refractivity contribution in [3.8, 4) is 0 Å². The zero-order chi connectivity index (χ0) is 28.6. The molecular formula is C32H37ClN2O5. The molecule has 40 heavy (non-hydrogen) atoms. The molecule has 0 aliphatic carbocycles. The molecule has 0 amide bonds. The van der Waals surface area contributed by atoms with E-state index in [1.54, 1.807) is 0 Å². The fourth-order valence-electron chi connectivity index (χ4n) is 4.44. The highest BCUT2D eigenvalue weighted by Gasteiger charge is 2.17. The SMILES string of the molecule is Clc1ccc(C(OCCCCN2CCN(Cc3ccccc3)CC2)c2ccccc2)cc1.O=C(O)/C=C\C(=O)O. The number of aliphatic carboxylic acids is 2. The Bertz CT molecular complexity index is 1160. The first-order chi connectivity index (χ1) is 19.4. The van der Waals surface area contributed by atoms with E-state index in [4.69, 9.17) is 26.6 Å². The van der Waals surface area contributed by atoms with Crippen LogP contribution in [0.5, 0.6) is 0 Å². The van der Waals surface area contributed by atoms with E-state index < -0.39 is 11.9 Å². The van der Waals surface area contributed by atoms with Crippen LogP contribution >= 0.6 is 11.6 Å². The van der Waals surface area contributed by atoms with Gasteiger partial charge in [-0.1, -0.05) is 84.4 Å². The third kappa shape index (κ3) is 11.7. The highest BCUT2D eigenvalue weighted by Crippen LogP contribution is 2.27. The van der Waals surface area contributed by atoms with E-state index in [9.17, 15) is 9.59 Å². The molecule has 1 atom stereocenters. The normalized spacial score (nSPS) is 14.8. The van der Waals surface area contributed by atoms with Gasteiger partial charge in [0.2, 0.25) is 0 Å². The Labute approximate surface area is 241 Å². The number of benzene rings is 3. The van der Waals surface area contributed by atoms with Gasteiger partial charge in [-0.3, -0.25) is 4.90 Å². The van der Waals surface area contributed by atoms with Crippen molar-refractivity contribution >= 4 is 23.5 Å². The Balaban J connectivity index is 0.000000482. The van der Waals surface area contributed by atoms with E-state index in [1.807, 2.05) is 18.2 Å². The van der Waals surface area contributed by atoms with E-state index in [0.29, 0.717) is 12.2 Å². The van der Waals surface area contributed by atoms with Gasteiger partial charge in [0.25, 0.3) is 0 Å². The predicted molar refractivity (Wildman–Crippen MR) is 157 cm³/mol. The monoisotopic (exact) mass is 564 g/mol. The maximum atomic E-state index is 9.55. The summed E-state index contributed by atoms with van der Waals surface area (Å²) in [5.74, 6) is -2.51. The lowest BCUT2D eigenvalue weighted by molar-refractivity contribution is -0.134. The molecule has 0 bridgehead atoms. The summed E-state index contributed by atoms with van der Waals surface area (Å²) in [4.78, 5) is 24.3. The number of carboxylic acids is 2. The number of carbonyl (C=O) groups is 2. The van der Waals surface area contributed by atoms with Gasteiger partial charge in [0.15, 0.2) is 0 Å². The second kappa shape index (κ2) is 17.3. The fraction of sp³-hybridized carbons (Fsp3) is 0.312. The van der Waals surface area contributed by atoms with Crippen LogP contribution < -0.4 is 0 Å². The molecule has 7 nitrogen and oxygen atoms in total. The first-order valence-electron chi connectivity index (χ1n) is 13.5. The highest BCUT2D eigenvalue weighted by molar-refractivity contribution is 6.30. The van der Waals surface area contributed by atoms with Crippen molar-refractivity contribution in [2.24, 2.45) is 0 Å². The van der Waals surface area contributed by atoms with E-state index >= 15 is 0 Å². The van der Waals surface area contributed by atoms with Crippen LogP contribution in [-0.2, 0) is 20.9 Å². The molecule has 1 fully saturated rings. The Morgan fingerprint density at radius 2 is 1.27 bits per heavy atom. The number of hydrogen-bond donors (Lipinski definition) is 2. The lowest BCUT2D eigenvalue weighted by Gasteiger charge is -2.34. The molecule has 1 unspecified atom stereocenters.